The monoisotopic (exact) mass is 314 g/mol. The van der Waals surface area contributed by atoms with Crippen molar-refractivity contribution in [1.82, 2.24) is 9.62 Å². The van der Waals surface area contributed by atoms with E-state index < -0.39 is 14.9 Å². The van der Waals surface area contributed by atoms with Crippen LogP contribution >= 0.6 is 0 Å². The Hall–Kier alpha value is -1.71. The number of non-ortho nitro benzene ring substituents is 1. The fourth-order valence-electron chi connectivity index (χ4n) is 2.03. The molecule has 0 atom stereocenters. The number of sulfonamides is 1. The first-order valence-corrected chi connectivity index (χ1v) is 8.03. The van der Waals surface area contributed by atoms with Gasteiger partial charge in [0.25, 0.3) is 5.69 Å². The van der Waals surface area contributed by atoms with Gasteiger partial charge in [0, 0.05) is 31.3 Å². The van der Waals surface area contributed by atoms with E-state index in [1.807, 2.05) is 7.05 Å². The number of nitro groups is 1. The van der Waals surface area contributed by atoms with Crippen LogP contribution in [0, 0.1) is 10.1 Å². The van der Waals surface area contributed by atoms with Gasteiger partial charge in [0.2, 0.25) is 10.0 Å². The molecule has 8 nitrogen and oxygen atoms in total. The third kappa shape index (κ3) is 3.90. The quantitative estimate of drug-likeness (QED) is 0.431. The molecule has 116 valence electrons. The lowest BCUT2D eigenvalue weighted by Crippen LogP contribution is -2.34. The molecule has 1 aromatic carbocycles. The van der Waals surface area contributed by atoms with Gasteiger partial charge in [-0.3, -0.25) is 10.1 Å². The predicted octanol–water partition coefficient (Wildman–Crippen LogP) is 0.549. The standard InChI is InChI=1S/C12H18N4O4S/c1-15(9-2-3-9)7-6-14-21(19,20)12-5-4-10(16(17)18)8-11(12)13/h4-5,8-9,14H,2-3,6-7,13H2,1H3. The largest absolute Gasteiger partial charge is 0.397 e. The van der Waals surface area contributed by atoms with Crippen molar-refractivity contribution in [3.05, 3.63) is 28.3 Å². The normalized spacial score (nSPS) is 15.3. The molecule has 9 heteroatoms. The lowest BCUT2D eigenvalue weighted by Gasteiger charge is -2.16. The number of anilines is 1. The fourth-order valence-corrected chi connectivity index (χ4v) is 3.16. The molecular weight excluding hydrogens is 296 g/mol. The number of likely N-dealkylation sites (N-methyl/N-ethyl adjacent to an activating group) is 1. The molecule has 0 bridgehead atoms. The zero-order valence-corrected chi connectivity index (χ0v) is 12.5. The first-order valence-electron chi connectivity index (χ1n) is 6.55. The highest BCUT2D eigenvalue weighted by atomic mass is 32.2. The number of nitrogen functional groups attached to an aromatic ring is 1. The average Bonchev–Trinajstić information content (AvgIpc) is 3.22. The van der Waals surface area contributed by atoms with Crippen molar-refractivity contribution in [1.29, 1.82) is 0 Å². The molecule has 0 amide bonds. The maximum Gasteiger partial charge on any atom is 0.271 e. The summed E-state index contributed by atoms with van der Waals surface area (Å²) >= 11 is 0. The summed E-state index contributed by atoms with van der Waals surface area (Å²) in [5, 5.41) is 10.6. The summed E-state index contributed by atoms with van der Waals surface area (Å²) in [7, 11) is -1.81. The summed E-state index contributed by atoms with van der Waals surface area (Å²) in [6, 6.07) is 3.88. The third-order valence-corrected chi connectivity index (χ3v) is 4.96. The Morgan fingerprint density at radius 2 is 2.14 bits per heavy atom. The van der Waals surface area contributed by atoms with Crippen LogP contribution in [0.25, 0.3) is 0 Å². The van der Waals surface area contributed by atoms with Crippen molar-refractivity contribution in [3.63, 3.8) is 0 Å². The van der Waals surface area contributed by atoms with Crippen molar-refractivity contribution >= 4 is 21.4 Å². The van der Waals surface area contributed by atoms with Gasteiger partial charge >= 0.3 is 0 Å². The van der Waals surface area contributed by atoms with Crippen LogP contribution in [0.4, 0.5) is 11.4 Å². The highest BCUT2D eigenvalue weighted by molar-refractivity contribution is 7.89. The molecule has 0 heterocycles. The molecule has 1 aliphatic rings. The molecule has 0 aromatic heterocycles. The van der Waals surface area contributed by atoms with Gasteiger partial charge in [0.05, 0.1) is 10.6 Å². The Balaban J connectivity index is 2.02. The summed E-state index contributed by atoms with van der Waals surface area (Å²) in [4.78, 5) is 12.0. The van der Waals surface area contributed by atoms with E-state index in [9.17, 15) is 18.5 Å². The zero-order valence-electron chi connectivity index (χ0n) is 11.7. The Morgan fingerprint density at radius 1 is 1.48 bits per heavy atom. The van der Waals surface area contributed by atoms with E-state index in [0.29, 0.717) is 12.6 Å². The van der Waals surface area contributed by atoms with Gasteiger partial charge in [-0.15, -0.1) is 0 Å². The first-order chi connectivity index (χ1) is 9.81. The van der Waals surface area contributed by atoms with E-state index in [4.69, 9.17) is 5.73 Å². The van der Waals surface area contributed by atoms with Crippen LogP contribution < -0.4 is 10.5 Å². The molecule has 0 radical (unpaired) electrons. The summed E-state index contributed by atoms with van der Waals surface area (Å²) in [6.45, 7) is 0.878. The Kier molecular flexibility index (Phi) is 4.45. The maximum absolute atomic E-state index is 12.1. The summed E-state index contributed by atoms with van der Waals surface area (Å²) in [5.74, 6) is 0. The van der Waals surface area contributed by atoms with Gasteiger partial charge in [-0.25, -0.2) is 13.1 Å². The van der Waals surface area contributed by atoms with Crippen molar-refractivity contribution in [2.45, 2.75) is 23.8 Å². The maximum atomic E-state index is 12.1. The van der Waals surface area contributed by atoms with Crippen LogP contribution in [0.3, 0.4) is 0 Å². The molecule has 0 unspecified atom stereocenters. The Labute approximate surface area is 123 Å². The molecular formula is C12H18N4O4S. The van der Waals surface area contributed by atoms with Crippen LogP contribution in [0.2, 0.25) is 0 Å². The molecule has 0 spiro atoms. The van der Waals surface area contributed by atoms with E-state index in [-0.39, 0.29) is 22.8 Å². The number of hydrogen-bond acceptors (Lipinski definition) is 6. The van der Waals surface area contributed by atoms with Crippen LogP contribution in [0.15, 0.2) is 23.1 Å². The fraction of sp³-hybridized carbons (Fsp3) is 0.500. The number of nitrogens with zero attached hydrogens (tertiary/aromatic N) is 2. The van der Waals surface area contributed by atoms with Crippen LogP contribution in [-0.4, -0.2) is 44.4 Å². The molecule has 1 aromatic rings. The lowest BCUT2D eigenvalue weighted by atomic mass is 10.3. The molecule has 0 aliphatic heterocycles. The van der Waals surface area contributed by atoms with Crippen molar-refractivity contribution in [3.8, 4) is 0 Å². The second-order valence-corrected chi connectivity index (χ2v) is 6.82. The Morgan fingerprint density at radius 3 is 2.67 bits per heavy atom. The van der Waals surface area contributed by atoms with Gasteiger partial charge in [0.1, 0.15) is 4.90 Å². The lowest BCUT2D eigenvalue weighted by molar-refractivity contribution is -0.384. The van der Waals surface area contributed by atoms with Crippen molar-refractivity contribution in [2.75, 3.05) is 25.9 Å². The van der Waals surface area contributed by atoms with Crippen LogP contribution in [0.1, 0.15) is 12.8 Å². The minimum atomic E-state index is -3.76. The number of hydrogen-bond donors (Lipinski definition) is 2. The van der Waals surface area contributed by atoms with Gasteiger partial charge < -0.3 is 10.6 Å². The first kappa shape index (κ1) is 15.7. The SMILES string of the molecule is CN(CCNS(=O)(=O)c1ccc([N+](=O)[O-])cc1N)C1CC1. The summed E-state index contributed by atoms with van der Waals surface area (Å²) in [5.41, 5.74) is 5.23. The molecule has 1 saturated carbocycles. The highest BCUT2D eigenvalue weighted by Gasteiger charge is 2.26. The number of rotatable bonds is 7. The van der Waals surface area contributed by atoms with Gasteiger partial charge in [-0.05, 0) is 26.0 Å². The second-order valence-electron chi connectivity index (χ2n) is 5.09. The van der Waals surface area contributed by atoms with Crippen molar-refractivity contribution in [2.24, 2.45) is 0 Å². The number of nitro benzene ring substituents is 1. The Bertz CT molecular complexity index is 643. The summed E-state index contributed by atoms with van der Waals surface area (Å²) < 4.78 is 26.7. The van der Waals surface area contributed by atoms with E-state index in [2.05, 4.69) is 9.62 Å². The van der Waals surface area contributed by atoms with Gasteiger partial charge in [-0.1, -0.05) is 0 Å². The number of benzene rings is 1. The highest BCUT2D eigenvalue weighted by Crippen LogP contribution is 2.25. The number of nitrogens with one attached hydrogen (secondary N) is 1. The minimum absolute atomic E-state index is 0.132. The molecule has 1 fully saturated rings. The summed E-state index contributed by atoms with van der Waals surface area (Å²) in [6.07, 6.45) is 2.30. The van der Waals surface area contributed by atoms with E-state index in [1.54, 1.807) is 0 Å². The van der Waals surface area contributed by atoms with Crippen LogP contribution in [-0.2, 0) is 10.0 Å². The number of nitrogens with two attached hydrogens (primary N) is 1. The predicted molar refractivity (Wildman–Crippen MR) is 78.3 cm³/mol. The average molecular weight is 314 g/mol. The van der Waals surface area contributed by atoms with Gasteiger partial charge in [-0.2, -0.15) is 0 Å². The molecule has 1 aliphatic carbocycles. The van der Waals surface area contributed by atoms with Crippen molar-refractivity contribution < 1.29 is 13.3 Å². The van der Waals surface area contributed by atoms with E-state index in [1.165, 1.54) is 0 Å². The molecule has 2 rings (SSSR count). The topological polar surface area (TPSA) is 119 Å². The van der Waals surface area contributed by atoms with Gasteiger partial charge in [0.15, 0.2) is 0 Å². The molecule has 3 N–H and O–H groups in total. The third-order valence-electron chi connectivity index (χ3n) is 3.42. The van der Waals surface area contributed by atoms with Crippen LogP contribution in [0.5, 0.6) is 0 Å². The molecule has 21 heavy (non-hydrogen) atoms. The zero-order chi connectivity index (χ0) is 15.6. The van der Waals surface area contributed by atoms with E-state index in [0.717, 1.165) is 31.0 Å². The minimum Gasteiger partial charge on any atom is -0.397 e. The second kappa shape index (κ2) is 5.96. The van der Waals surface area contributed by atoms with E-state index >= 15 is 0 Å². The smallest absolute Gasteiger partial charge is 0.271 e. The molecule has 0 saturated heterocycles.